The molecule has 0 aliphatic carbocycles. The Morgan fingerprint density at radius 1 is 1.18 bits per heavy atom. The van der Waals surface area contributed by atoms with Gasteiger partial charge >= 0.3 is 11.7 Å². The summed E-state index contributed by atoms with van der Waals surface area (Å²) in [6.45, 7) is 1.36. The fourth-order valence-corrected chi connectivity index (χ4v) is 4.02. The molecule has 8 nitrogen and oxygen atoms in total. The Morgan fingerprint density at radius 2 is 1.88 bits per heavy atom. The van der Waals surface area contributed by atoms with Gasteiger partial charge < -0.3 is 20.7 Å². The molecule has 172 valence electrons. The van der Waals surface area contributed by atoms with Crippen molar-refractivity contribution in [1.29, 1.82) is 0 Å². The number of aliphatic hydroxyl groups is 1. The molecule has 0 spiro atoms. The van der Waals surface area contributed by atoms with Gasteiger partial charge in [-0.15, -0.1) is 0 Å². The Morgan fingerprint density at radius 3 is 2.52 bits per heavy atom. The molecule has 3 aromatic carbocycles. The van der Waals surface area contributed by atoms with Gasteiger partial charge in [-0.1, -0.05) is 54.6 Å². The third kappa shape index (κ3) is 5.75. The summed E-state index contributed by atoms with van der Waals surface area (Å²) in [5.41, 5.74) is 6.63. The number of carboxylic acids is 1. The topological polar surface area (TPSA) is 136 Å². The van der Waals surface area contributed by atoms with E-state index in [0.29, 0.717) is 5.56 Å². The molecule has 0 radical (unpaired) electrons. The highest BCUT2D eigenvalue weighted by atomic mass is 79.9. The van der Waals surface area contributed by atoms with Crippen LogP contribution in [-0.4, -0.2) is 32.7 Å². The van der Waals surface area contributed by atoms with E-state index < -0.39 is 22.5 Å². The highest BCUT2D eigenvalue weighted by Gasteiger charge is 2.35. The lowest BCUT2D eigenvalue weighted by atomic mass is 9.89. The SMILES string of the molecule is CC(O)(Cc1ccc(OCc2cccc(-c3ccccc3)c2Br)c([N+](=O)[O-])c1)[C@H](N)C(=O)O. The van der Waals surface area contributed by atoms with Crippen molar-refractivity contribution in [3.05, 3.63) is 92.4 Å². The van der Waals surface area contributed by atoms with Crippen LogP contribution in [0.2, 0.25) is 0 Å². The van der Waals surface area contributed by atoms with Crippen molar-refractivity contribution in [3.8, 4) is 16.9 Å². The van der Waals surface area contributed by atoms with Gasteiger partial charge in [0, 0.05) is 22.5 Å². The van der Waals surface area contributed by atoms with Crippen LogP contribution in [0.5, 0.6) is 5.75 Å². The van der Waals surface area contributed by atoms with Crippen LogP contribution in [0.3, 0.4) is 0 Å². The van der Waals surface area contributed by atoms with E-state index in [1.807, 2.05) is 48.5 Å². The van der Waals surface area contributed by atoms with Gasteiger partial charge in [-0.25, -0.2) is 0 Å². The minimum Gasteiger partial charge on any atom is -0.482 e. The van der Waals surface area contributed by atoms with Crippen LogP contribution in [0.4, 0.5) is 5.69 Å². The van der Waals surface area contributed by atoms with Gasteiger partial charge in [-0.05, 0) is 45.6 Å². The summed E-state index contributed by atoms with van der Waals surface area (Å²) in [7, 11) is 0. The zero-order valence-corrected chi connectivity index (χ0v) is 19.4. The molecule has 0 amide bonds. The maximum absolute atomic E-state index is 11.6. The molecule has 0 fully saturated rings. The van der Waals surface area contributed by atoms with Crippen LogP contribution in [-0.2, 0) is 17.8 Å². The van der Waals surface area contributed by atoms with Crippen molar-refractivity contribution in [1.82, 2.24) is 0 Å². The third-order valence-electron chi connectivity index (χ3n) is 5.26. The Labute approximate surface area is 198 Å². The zero-order chi connectivity index (χ0) is 24.2. The van der Waals surface area contributed by atoms with E-state index in [9.17, 15) is 20.0 Å². The number of aliphatic carboxylic acids is 1. The first-order valence-corrected chi connectivity index (χ1v) is 10.8. The number of carboxylic acid groups (broad SMARTS) is 1. The fraction of sp³-hybridized carbons (Fsp3) is 0.208. The lowest BCUT2D eigenvalue weighted by molar-refractivity contribution is -0.386. The summed E-state index contributed by atoms with van der Waals surface area (Å²) in [5, 5.41) is 31.1. The van der Waals surface area contributed by atoms with Crippen LogP contribution in [0.1, 0.15) is 18.1 Å². The van der Waals surface area contributed by atoms with Gasteiger partial charge in [-0.2, -0.15) is 0 Å². The van der Waals surface area contributed by atoms with Crippen LogP contribution >= 0.6 is 15.9 Å². The van der Waals surface area contributed by atoms with Gasteiger partial charge in [0.25, 0.3) is 0 Å². The van der Waals surface area contributed by atoms with Gasteiger partial charge in [0.1, 0.15) is 12.6 Å². The van der Waals surface area contributed by atoms with E-state index in [1.54, 1.807) is 6.07 Å². The van der Waals surface area contributed by atoms with Gasteiger partial charge in [-0.3, -0.25) is 14.9 Å². The third-order valence-corrected chi connectivity index (χ3v) is 6.20. The second-order valence-electron chi connectivity index (χ2n) is 7.84. The first kappa shape index (κ1) is 24.4. The molecule has 4 N–H and O–H groups in total. The predicted octanol–water partition coefficient (Wildman–Crippen LogP) is 4.31. The number of hydrogen-bond acceptors (Lipinski definition) is 6. The van der Waals surface area contributed by atoms with Gasteiger partial charge in [0.15, 0.2) is 5.75 Å². The Kier molecular flexibility index (Phi) is 7.47. The normalized spacial score (nSPS) is 13.7. The molecule has 0 heterocycles. The molecule has 1 unspecified atom stereocenters. The molecule has 0 saturated heterocycles. The Bertz CT molecular complexity index is 1170. The van der Waals surface area contributed by atoms with Crippen molar-refractivity contribution in [2.24, 2.45) is 5.73 Å². The largest absolute Gasteiger partial charge is 0.482 e. The highest BCUT2D eigenvalue weighted by molar-refractivity contribution is 9.10. The number of nitrogens with zero attached hydrogens (tertiary/aromatic N) is 1. The standard InChI is InChI=1S/C24H23BrN2O6/c1-24(30,22(26)23(28)29)13-15-10-11-20(19(12-15)27(31)32)33-14-17-8-5-9-18(21(17)25)16-6-3-2-4-7-16/h2-12,22,30H,13-14,26H2,1H3,(H,28,29)/t22-,24?/m1/s1. The number of benzene rings is 3. The molecule has 0 aromatic heterocycles. The van der Waals surface area contributed by atoms with Crippen molar-refractivity contribution in [3.63, 3.8) is 0 Å². The number of nitro groups is 1. The lowest BCUT2D eigenvalue weighted by Crippen LogP contribution is -2.52. The summed E-state index contributed by atoms with van der Waals surface area (Å²) in [6.07, 6.45) is -0.174. The molecule has 3 rings (SSSR count). The maximum atomic E-state index is 11.6. The number of nitrogens with two attached hydrogens (primary N) is 1. The second-order valence-corrected chi connectivity index (χ2v) is 8.64. The molecular weight excluding hydrogens is 492 g/mol. The molecule has 0 bridgehead atoms. The van der Waals surface area contributed by atoms with E-state index in [1.165, 1.54) is 19.1 Å². The van der Waals surface area contributed by atoms with Crippen LogP contribution in [0.15, 0.2) is 71.2 Å². The first-order chi connectivity index (χ1) is 15.6. The van der Waals surface area contributed by atoms with Crippen LogP contribution in [0, 0.1) is 10.1 Å². The number of nitro benzene ring substituents is 1. The summed E-state index contributed by atoms with van der Waals surface area (Å²) in [5.74, 6) is -1.30. The minimum atomic E-state index is -1.79. The molecular formula is C24H23BrN2O6. The Hall–Kier alpha value is -3.27. The van der Waals surface area contributed by atoms with Crippen LogP contribution in [0.25, 0.3) is 11.1 Å². The van der Waals surface area contributed by atoms with Crippen molar-refractivity contribution in [2.45, 2.75) is 31.6 Å². The quantitative estimate of drug-likeness (QED) is 0.285. The number of ether oxygens (including phenoxy) is 1. The highest BCUT2D eigenvalue weighted by Crippen LogP contribution is 2.34. The summed E-state index contributed by atoms with van der Waals surface area (Å²) in [6, 6.07) is 18.2. The molecule has 0 aliphatic rings. The van der Waals surface area contributed by atoms with Crippen molar-refractivity contribution < 1.29 is 24.7 Å². The average molecular weight is 515 g/mol. The molecule has 3 aromatic rings. The summed E-state index contributed by atoms with van der Waals surface area (Å²) >= 11 is 3.61. The number of rotatable bonds is 9. The van der Waals surface area contributed by atoms with E-state index in [0.717, 1.165) is 21.2 Å². The molecule has 2 atom stereocenters. The number of carbonyl (C=O) groups is 1. The molecule has 0 aliphatic heterocycles. The fourth-order valence-electron chi connectivity index (χ4n) is 3.41. The summed E-state index contributed by atoms with van der Waals surface area (Å²) < 4.78 is 6.60. The predicted molar refractivity (Wildman–Crippen MR) is 127 cm³/mol. The molecule has 0 saturated carbocycles. The van der Waals surface area contributed by atoms with E-state index in [-0.39, 0.29) is 24.5 Å². The zero-order valence-electron chi connectivity index (χ0n) is 17.8. The monoisotopic (exact) mass is 514 g/mol. The van der Waals surface area contributed by atoms with E-state index in [4.69, 9.17) is 15.6 Å². The molecule has 9 heteroatoms. The van der Waals surface area contributed by atoms with Crippen molar-refractivity contribution in [2.75, 3.05) is 0 Å². The van der Waals surface area contributed by atoms with Crippen LogP contribution < -0.4 is 10.5 Å². The van der Waals surface area contributed by atoms with Gasteiger partial charge in [0.05, 0.1) is 10.5 Å². The Balaban J connectivity index is 1.82. The molecule has 33 heavy (non-hydrogen) atoms. The van der Waals surface area contributed by atoms with E-state index in [2.05, 4.69) is 15.9 Å². The summed E-state index contributed by atoms with van der Waals surface area (Å²) in [4.78, 5) is 22.2. The first-order valence-electron chi connectivity index (χ1n) is 10.0. The smallest absolute Gasteiger partial charge is 0.323 e. The lowest BCUT2D eigenvalue weighted by Gasteiger charge is -2.27. The van der Waals surface area contributed by atoms with Crippen molar-refractivity contribution >= 4 is 27.6 Å². The van der Waals surface area contributed by atoms with Gasteiger partial charge in [0.2, 0.25) is 0 Å². The number of halogens is 1. The maximum Gasteiger partial charge on any atom is 0.323 e. The van der Waals surface area contributed by atoms with E-state index >= 15 is 0 Å². The second kappa shape index (κ2) is 10.1. The minimum absolute atomic E-state index is 0.0583. The average Bonchev–Trinajstić information content (AvgIpc) is 2.78. The number of hydrogen-bond donors (Lipinski definition) is 3.